The topological polar surface area (TPSA) is 84.9 Å². The average Bonchev–Trinajstić information content (AvgIpc) is 3.10. The summed E-state index contributed by atoms with van der Waals surface area (Å²) in [6.07, 6.45) is 4.31. The van der Waals surface area contributed by atoms with Gasteiger partial charge in [-0.2, -0.15) is 4.98 Å². The molecule has 2 saturated heterocycles. The summed E-state index contributed by atoms with van der Waals surface area (Å²) in [7, 11) is 0. The van der Waals surface area contributed by atoms with Gasteiger partial charge in [0, 0.05) is 44.7 Å². The highest BCUT2D eigenvalue weighted by Crippen LogP contribution is 2.24. The molecule has 0 saturated carbocycles. The molecule has 2 aliphatic rings. The lowest BCUT2D eigenvalue weighted by molar-refractivity contribution is -0.137. The monoisotopic (exact) mass is 390 g/mol. The van der Waals surface area contributed by atoms with Crippen LogP contribution in [0.25, 0.3) is 0 Å². The molecule has 0 bridgehead atoms. The maximum Gasteiger partial charge on any atom is 0.410 e. The van der Waals surface area contributed by atoms with E-state index in [9.17, 15) is 9.59 Å². The van der Waals surface area contributed by atoms with Crippen molar-refractivity contribution in [3.63, 3.8) is 0 Å². The van der Waals surface area contributed by atoms with Gasteiger partial charge in [0.15, 0.2) is 0 Å². The Bertz CT molecular complexity index is 710. The number of ether oxygens (including phenoxy) is 2. The molecule has 3 heterocycles. The van der Waals surface area contributed by atoms with Crippen molar-refractivity contribution in [2.45, 2.75) is 71.1 Å². The quantitative estimate of drug-likeness (QED) is 0.789. The molecule has 0 spiro atoms. The fourth-order valence-corrected chi connectivity index (χ4v) is 3.64. The van der Waals surface area contributed by atoms with Crippen LogP contribution in [-0.2, 0) is 9.53 Å². The fourth-order valence-electron chi connectivity index (χ4n) is 3.64. The van der Waals surface area contributed by atoms with Gasteiger partial charge in [0.1, 0.15) is 23.6 Å². The molecule has 2 amide bonds. The Kier molecular flexibility index (Phi) is 6.05. The summed E-state index contributed by atoms with van der Waals surface area (Å²) < 4.78 is 11.4. The van der Waals surface area contributed by atoms with E-state index in [0.29, 0.717) is 37.8 Å². The summed E-state index contributed by atoms with van der Waals surface area (Å²) in [5.74, 6) is 1.26. The van der Waals surface area contributed by atoms with Crippen molar-refractivity contribution >= 4 is 12.0 Å². The third-order valence-corrected chi connectivity index (χ3v) is 4.96. The molecule has 0 aromatic carbocycles. The van der Waals surface area contributed by atoms with E-state index >= 15 is 0 Å². The number of nitrogens with zero attached hydrogens (tertiary/aromatic N) is 4. The van der Waals surface area contributed by atoms with Gasteiger partial charge in [-0.1, -0.05) is 0 Å². The van der Waals surface area contributed by atoms with Crippen LogP contribution in [0.3, 0.4) is 0 Å². The van der Waals surface area contributed by atoms with Gasteiger partial charge in [-0.3, -0.25) is 9.69 Å². The molecule has 8 heteroatoms. The molecule has 0 aliphatic carbocycles. The average molecular weight is 390 g/mol. The first-order chi connectivity index (χ1) is 13.2. The largest absolute Gasteiger partial charge is 0.474 e. The molecule has 1 aromatic heterocycles. The number of aryl methyl sites for hydroxylation is 1. The minimum Gasteiger partial charge on any atom is -0.474 e. The summed E-state index contributed by atoms with van der Waals surface area (Å²) in [4.78, 5) is 37.2. The zero-order valence-electron chi connectivity index (χ0n) is 17.2. The highest BCUT2D eigenvalue weighted by atomic mass is 16.6. The van der Waals surface area contributed by atoms with E-state index < -0.39 is 17.7 Å². The number of hydrogen-bond acceptors (Lipinski definition) is 6. The fraction of sp³-hybridized carbons (Fsp3) is 0.700. The van der Waals surface area contributed by atoms with Gasteiger partial charge in [-0.05, 0) is 40.5 Å². The molecule has 0 radical (unpaired) electrons. The van der Waals surface area contributed by atoms with Crippen molar-refractivity contribution in [2.24, 2.45) is 0 Å². The van der Waals surface area contributed by atoms with Gasteiger partial charge in [0.05, 0.1) is 0 Å². The second-order valence-corrected chi connectivity index (χ2v) is 8.42. The van der Waals surface area contributed by atoms with Gasteiger partial charge in [0.2, 0.25) is 11.8 Å². The molecule has 28 heavy (non-hydrogen) atoms. The lowest BCUT2D eigenvalue weighted by atomic mass is 10.1. The Morgan fingerprint density at radius 2 is 1.86 bits per heavy atom. The summed E-state index contributed by atoms with van der Waals surface area (Å²) in [6, 6.07) is 1.33. The van der Waals surface area contributed by atoms with Crippen molar-refractivity contribution < 1.29 is 19.1 Å². The molecule has 0 unspecified atom stereocenters. The second-order valence-electron chi connectivity index (χ2n) is 8.42. The van der Waals surface area contributed by atoms with Crippen molar-refractivity contribution in [1.82, 2.24) is 19.8 Å². The van der Waals surface area contributed by atoms with Crippen molar-refractivity contribution in [3.8, 4) is 5.88 Å². The van der Waals surface area contributed by atoms with Crippen LogP contribution >= 0.6 is 0 Å². The zero-order chi connectivity index (χ0) is 20.3. The normalized spacial score (nSPS) is 20.9. The van der Waals surface area contributed by atoms with E-state index in [2.05, 4.69) is 9.97 Å². The molecule has 3 rings (SSSR count). The molecular formula is C20H30N4O4. The molecule has 2 fully saturated rings. The van der Waals surface area contributed by atoms with E-state index in [0.717, 1.165) is 19.3 Å². The Morgan fingerprint density at radius 3 is 2.50 bits per heavy atom. The number of carbonyl (C=O) groups is 2. The van der Waals surface area contributed by atoms with Crippen LogP contribution in [0, 0.1) is 6.92 Å². The molecule has 1 aromatic rings. The lowest BCUT2D eigenvalue weighted by Crippen LogP contribution is -2.51. The van der Waals surface area contributed by atoms with E-state index in [4.69, 9.17) is 9.47 Å². The Morgan fingerprint density at radius 1 is 1.14 bits per heavy atom. The predicted octanol–water partition coefficient (Wildman–Crippen LogP) is 2.55. The number of hydrogen-bond donors (Lipinski definition) is 0. The van der Waals surface area contributed by atoms with Crippen LogP contribution in [0.1, 0.15) is 52.3 Å². The lowest BCUT2D eigenvalue weighted by Gasteiger charge is -2.35. The maximum absolute atomic E-state index is 13.0. The molecule has 0 N–H and O–H groups in total. The first-order valence-electron chi connectivity index (χ1n) is 9.97. The van der Waals surface area contributed by atoms with Gasteiger partial charge < -0.3 is 14.4 Å². The van der Waals surface area contributed by atoms with Crippen LogP contribution in [0.2, 0.25) is 0 Å². The first kappa shape index (κ1) is 20.4. The molecule has 154 valence electrons. The maximum atomic E-state index is 13.0. The molecule has 1 atom stereocenters. The first-order valence-corrected chi connectivity index (χ1v) is 9.97. The number of aromatic nitrogens is 2. The van der Waals surface area contributed by atoms with E-state index in [1.165, 1.54) is 0 Å². The van der Waals surface area contributed by atoms with Gasteiger partial charge in [0.25, 0.3) is 0 Å². The zero-order valence-corrected chi connectivity index (χ0v) is 17.2. The third-order valence-electron chi connectivity index (χ3n) is 4.96. The highest BCUT2D eigenvalue weighted by Gasteiger charge is 2.39. The van der Waals surface area contributed by atoms with Crippen molar-refractivity contribution in [2.75, 3.05) is 19.6 Å². The Balaban J connectivity index is 1.53. The van der Waals surface area contributed by atoms with Gasteiger partial charge in [-0.25, -0.2) is 9.78 Å². The summed E-state index contributed by atoms with van der Waals surface area (Å²) in [6.45, 7) is 9.13. The van der Waals surface area contributed by atoms with E-state index in [1.807, 2.05) is 32.6 Å². The van der Waals surface area contributed by atoms with Gasteiger partial charge in [-0.15, -0.1) is 0 Å². The minimum atomic E-state index is -0.567. The number of rotatable bonds is 3. The highest BCUT2D eigenvalue weighted by molar-refractivity contribution is 5.86. The van der Waals surface area contributed by atoms with Crippen LogP contribution in [-0.4, -0.2) is 69.1 Å². The molecular weight excluding hydrogens is 360 g/mol. The smallest absolute Gasteiger partial charge is 0.410 e. The summed E-state index contributed by atoms with van der Waals surface area (Å²) in [5, 5.41) is 0. The number of likely N-dealkylation sites (tertiary alicyclic amines) is 2. The SMILES string of the molecule is Cc1nccc(OC2CCN(C(=O)[C@H]3CCCN3C(=O)OC(C)(C)C)CC2)n1. The standard InChI is InChI=1S/C20H30N4O4/c1-14-21-10-7-17(22-14)27-15-8-12-23(13-9-15)18(25)16-6-5-11-24(16)19(26)28-20(2,3)4/h7,10,15-16H,5-6,8-9,11-13H2,1-4H3/t16-/m1/s1. The van der Waals surface area contributed by atoms with Crippen LogP contribution in [0.5, 0.6) is 5.88 Å². The predicted molar refractivity (Wildman–Crippen MR) is 103 cm³/mol. The second kappa shape index (κ2) is 8.32. The van der Waals surface area contributed by atoms with Crippen LogP contribution < -0.4 is 4.74 Å². The Labute approximate surface area is 166 Å². The Hall–Kier alpha value is -2.38. The van der Waals surface area contributed by atoms with E-state index in [-0.39, 0.29) is 12.0 Å². The third kappa shape index (κ3) is 5.11. The van der Waals surface area contributed by atoms with Crippen molar-refractivity contribution in [1.29, 1.82) is 0 Å². The van der Waals surface area contributed by atoms with Crippen molar-refractivity contribution in [3.05, 3.63) is 18.1 Å². The minimum absolute atomic E-state index is 0.0136. The summed E-state index contributed by atoms with van der Waals surface area (Å²) in [5.41, 5.74) is -0.567. The van der Waals surface area contributed by atoms with Gasteiger partial charge >= 0.3 is 6.09 Å². The van der Waals surface area contributed by atoms with E-state index in [1.54, 1.807) is 17.2 Å². The van der Waals surface area contributed by atoms with Crippen LogP contribution in [0.15, 0.2) is 12.3 Å². The van der Waals surface area contributed by atoms with Crippen LogP contribution in [0.4, 0.5) is 4.79 Å². The molecule has 2 aliphatic heterocycles. The molecule has 8 nitrogen and oxygen atoms in total. The number of piperidine rings is 1. The summed E-state index contributed by atoms with van der Waals surface area (Å²) >= 11 is 0. The number of carbonyl (C=O) groups excluding carboxylic acids is 2. The number of amides is 2.